The minimum absolute atomic E-state index is 0.763. The van der Waals surface area contributed by atoms with Crippen molar-refractivity contribution in [2.75, 3.05) is 26.3 Å². The van der Waals surface area contributed by atoms with E-state index in [1.54, 1.807) is 0 Å². The van der Waals surface area contributed by atoms with Crippen LogP contribution in [0.4, 0.5) is 0 Å². The fourth-order valence-electron chi connectivity index (χ4n) is 2.16. The van der Waals surface area contributed by atoms with Crippen LogP contribution in [0.1, 0.15) is 12.0 Å². The van der Waals surface area contributed by atoms with Crippen molar-refractivity contribution in [2.45, 2.75) is 12.8 Å². The van der Waals surface area contributed by atoms with E-state index in [9.17, 15) is 0 Å². The standard InChI is InChI=1S/C13H17NO2/c1-4-15-12-3-2-10(6-11-8-14-9-11)7-13(12)16-5-1/h2-3,7,11,14H,1,4-6,8-9H2. The number of fused-ring (bicyclic) bond motifs is 1. The topological polar surface area (TPSA) is 30.5 Å². The van der Waals surface area contributed by atoms with Crippen LogP contribution in [0.15, 0.2) is 18.2 Å². The van der Waals surface area contributed by atoms with Gasteiger partial charge in [0, 0.05) is 6.42 Å². The third-order valence-corrected chi connectivity index (χ3v) is 3.20. The van der Waals surface area contributed by atoms with Gasteiger partial charge in [-0.05, 0) is 43.1 Å². The average molecular weight is 219 g/mol. The summed E-state index contributed by atoms with van der Waals surface area (Å²) >= 11 is 0. The summed E-state index contributed by atoms with van der Waals surface area (Å²) in [6.07, 6.45) is 2.11. The van der Waals surface area contributed by atoms with Gasteiger partial charge in [-0.1, -0.05) is 6.07 Å². The molecule has 0 bridgehead atoms. The van der Waals surface area contributed by atoms with Gasteiger partial charge in [-0.25, -0.2) is 0 Å². The maximum absolute atomic E-state index is 5.68. The van der Waals surface area contributed by atoms with E-state index < -0.39 is 0 Å². The van der Waals surface area contributed by atoms with E-state index in [2.05, 4.69) is 17.4 Å². The monoisotopic (exact) mass is 219 g/mol. The summed E-state index contributed by atoms with van der Waals surface area (Å²) in [6.45, 7) is 3.82. The van der Waals surface area contributed by atoms with Gasteiger partial charge in [0.15, 0.2) is 11.5 Å². The van der Waals surface area contributed by atoms with Crippen molar-refractivity contribution in [3.05, 3.63) is 23.8 Å². The van der Waals surface area contributed by atoms with Crippen LogP contribution >= 0.6 is 0 Å². The molecule has 2 heterocycles. The fourth-order valence-corrected chi connectivity index (χ4v) is 2.16. The van der Waals surface area contributed by atoms with E-state index in [1.165, 1.54) is 5.56 Å². The highest BCUT2D eigenvalue weighted by molar-refractivity contribution is 5.43. The summed E-state index contributed by atoms with van der Waals surface area (Å²) < 4.78 is 11.3. The van der Waals surface area contributed by atoms with Crippen LogP contribution in [0.3, 0.4) is 0 Å². The molecular formula is C13H17NO2. The molecule has 1 fully saturated rings. The second-order valence-electron chi connectivity index (χ2n) is 4.56. The molecular weight excluding hydrogens is 202 g/mol. The molecule has 0 unspecified atom stereocenters. The molecule has 3 heteroatoms. The zero-order valence-electron chi connectivity index (χ0n) is 9.37. The Bertz CT molecular complexity index is 374. The van der Waals surface area contributed by atoms with Crippen molar-refractivity contribution in [3.63, 3.8) is 0 Å². The molecule has 1 aromatic rings. The predicted molar refractivity (Wildman–Crippen MR) is 62.1 cm³/mol. The molecule has 3 nitrogen and oxygen atoms in total. The lowest BCUT2D eigenvalue weighted by Crippen LogP contribution is -2.43. The third-order valence-electron chi connectivity index (χ3n) is 3.20. The number of rotatable bonds is 2. The Morgan fingerprint density at radius 1 is 1.12 bits per heavy atom. The highest BCUT2D eigenvalue weighted by atomic mass is 16.5. The lowest BCUT2D eigenvalue weighted by molar-refractivity contribution is 0.296. The molecule has 2 aliphatic heterocycles. The second kappa shape index (κ2) is 4.34. The zero-order chi connectivity index (χ0) is 10.8. The van der Waals surface area contributed by atoms with Crippen LogP contribution in [0.2, 0.25) is 0 Å². The molecule has 1 N–H and O–H groups in total. The van der Waals surface area contributed by atoms with Crippen molar-refractivity contribution in [1.29, 1.82) is 0 Å². The van der Waals surface area contributed by atoms with Crippen LogP contribution in [0, 0.1) is 5.92 Å². The highest BCUT2D eigenvalue weighted by Gasteiger charge is 2.18. The van der Waals surface area contributed by atoms with Gasteiger partial charge in [0.1, 0.15) is 0 Å². The lowest BCUT2D eigenvalue weighted by atomic mass is 9.94. The van der Waals surface area contributed by atoms with E-state index in [4.69, 9.17) is 9.47 Å². The van der Waals surface area contributed by atoms with Gasteiger partial charge < -0.3 is 14.8 Å². The number of hydrogen-bond donors (Lipinski definition) is 1. The first-order valence-electron chi connectivity index (χ1n) is 6.01. The summed E-state index contributed by atoms with van der Waals surface area (Å²) in [4.78, 5) is 0. The number of benzene rings is 1. The minimum atomic E-state index is 0.763. The number of hydrogen-bond acceptors (Lipinski definition) is 3. The average Bonchev–Trinajstić information content (AvgIpc) is 2.48. The largest absolute Gasteiger partial charge is 0.490 e. The Morgan fingerprint density at radius 3 is 2.69 bits per heavy atom. The first-order valence-corrected chi connectivity index (χ1v) is 6.01. The second-order valence-corrected chi connectivity index (χ2v) is 4.56. The maximum atomic E-state index is 5.68. The Morgan fingerprint density at radius 2 is 1.94 bits per heavy atom. The summed E-state index contributed by atoms with van der Waals surface area (Å²) in [7, 11) is 0. The van der Waals surface area contributed by atoms with E-state index in [1.807, 2.05) is 6.07 Å². The van der Waals surface area contributed by atoms with E-state index in [-0.39, 0.29) is 0 Å². The smallest absolute Gasteiger partial charge is 0.161 e. The molecule has 0 saturated carbocycles. The Kier molecular flexibility index (Phi) is 2.70. The first-order chi connectivity index (χ1) is 7.92. The molecule has 0 aromatic heterocycles. The Balaban J connectivity index is 1.77. The van der Waals surface area contributed by atoms with Crippen LogP contribution in [-0.2, 0) is 6.42 Å². The quantitative estimate of drug-likeness (QED) is 0.819. The molecule has 1 aromatic carbocycles. The molecule has 1 saturated heterocycles. The van der Waals surface area contributed by atoms with Gasteiger partial charge in [-0.15, -0.1) is 0 Å². The molecule has 0 radical (unpaired) electrons. The van der Waals surface area contributed by atoms with E-state index >= 15 is 0 Å². The first kappa shape index (κ1) is 9.97. The Labute approximate surface area is 95.8 Å². The van der Waals surface area contributed by atoms with Crippen LogP contribution in [0.5, 0.6) is 11.5 Å². The van der Waals surface area contributed by atoms with Crippen molar-refractivity contribution < 1.29 is 9.47 Å². The lowest BCUT2D eigenvalue weighted by Gasteiger charge is -2.27. The SMILES string of the molecule is c1cc2c(cc1CC1CNC1)OCCCO2. The predicted octanol–water partition coefficient (Wildman–Crippen LogP) is 1.61. The van der Waals surface area contributed by atoms with E-state index in [0.29, 0.717) is 0 Å². The van der Waals surface area contributed by atoms with Crippen molar-refractivity contribution in [3.8, 4) is 11.5 Å². The Hall–Kier alpha value is -1.22. The van der Waals surface area contributed by atoms with Gasteiger partial charge in [-0.3, -0.25) is 0 Å². The van der Waals surface area contributed by atoms with Crippen molar-refractivity contribution in [1.82, 2.24) is 5.32 Å². The number of ether oxygens (including phenoxy) is 2. The van der Waals surface area contributed by atoms with Crippen molar-refractivity contribution >= 4 is 0 Å². The molecule has 86 valence electrons. The minimum Gasteiger partial charge on any atom is -0.490 e. The van der Waals surface area contributed by atoms with E-state index in [0.717, 1.165) is 56.6 Å². The van der Waals surface area contributed by atoms with Gasteiger partial charge in [0.2, 0.25) is 0 Å². The van der Waals surface area contributed by atoms with Crippen LogP contribution in [-0.4, -0.2) is 26.3 Å². The summed E-state index contributed by atoms with van der Waals surface area (Å²) in [5.74, 6) is 2.61. The molecule has 0 amide bonds. The summed E-state index contributed by atoms with van der Waals surface area (Å²) in [5.41, 5.74) is 1.36. The molecule has 0 atom stereocenters. The zero-order valence-corrected chi connectivity index (χ0v) is 9.37. The third kappa shape index (κ3) is 2.00. The summed E-state index contributed by atoms with van der Waals surface area (Å²) in [6, 6.07) is 6.34. The molecule has 2 aliphatic rings. The number of nitrogens with one attached hydrogen (secondary N) is 1. The fraction of sp³-hybridized carbons (Fsp3) is 0.538. The van der Waals surface area contributed by atoms with Crippen LogP contribution in [0.25, 0.3) is 0 Å². The molecule has 0 spiro atoms. The van der Waals surface area contributed by atoms with Gasteiger partial charge in [0.05, 0.1) is 13.2 Å². The van der Waals surface area contributed by atoms with Gasteiger partial charge >= 0.3 is 0 Å². The maximum Gasteiger partial charge on any atom is 0.161 e. The summed E-state index contributed by atoms with van der Waals surface area (Å²) in [5, 5.41) is 3.30. The molecule has 0 aliphatic carbocycles. The normalized spacial score (nSPS) is 20.0. The van der Waals surface area contributed by atoms with Gasteiger partial charge in [-0.2, -0.15) is 0 Å². The molecule has 3 rings (SSSR count). The molecule has 16 heavy (non-hydrogen) atoms. The van der Waals surface area contributed by atoms with Gasteiger partial charge in [0.25, 0.3) is 0 Å². The van der Waals surface area contributed by atoms with Crippen LogP contribution < -0.4 is 14.8 Å². The van der Waals surface area contributed by atoms with Crippen molar-refractivity contribution in [2.24, 2.45) is 5.92 Å². The highest BCUT2D eigenvalue weighted by Crippen LogP contribution is 2.31.